The first-order valence-electron chi connectivity index (χ1n) is 7.01. The van der Waals surface area contributed by atoms with E-state index >= 15 is 0 Å². The van der Waals surface area contributed by atoms with Crippen molar-refractivity contribution in [2.45, 2.75) is 32.9 Å². The monoisotopic (exact) mass is 288 g/mol. The van der Waals surface area contributed by atoms with Gasteiger partial charge in [0.15, 0.2) is 0 Å². The van der Waals surface area contributed by atoms with Crippen LogP contribution in [0.4, 0.5) is 5.82 Å². The van der Waals surface area contributed by atoms with Gasteiger partial charge in [-0.05, 0) is 13.3 Å². The summed E-state index contributed by atoms with van der Waals surface area (Å²) in [4.78, 5) is 24.4. The van der Waals surface area contributed by atoms with Crippen LogP contribution in [0.2, 0.25) is 0 Å². The average molecular weight is 288 g/mol. The molecule has 2 N–H and O–H groups in total. The van der Waals surface area contributed by atoms with Crippen molar-refractivity contribution in [2.75, 3.05) is 11.9 Å². The molecule has 0 aliphatic heterocycles. The number of hydrogen-bond donors (Lipinski definition) is 2. The Bertz CT molecular complexity index is 569. The van der Waals surface area contributed by atoms with Gasteiger partial charge in [0.25, 0.3) is 5.91 Å². The highest BCUT2D eigenvalue weighted by atomic mass is 16.1. The normalized spacial score (nSPS) is 11.9. The van der Waals surface area contributed by atoms with Crippen molar-refractivity contribution in [3.63, 3.8) is 0 Å². The lowest BCUT2D eigenvalue weighted by Crippen LogP contribution is -2.36. The number of hydrogen-bond acceptors (Lipinski definition) is 5. The number of anilines is 1. The fourth-order valence-electron chi connectivity index (χ4n) is 1.87. The summed E-state index contributed by atoms with van der Waals surface area (Å²) in [7, 11) is 0. The van der Waals surface area contributed by atoms with E-state index in [4.69, 9.17) is 0 Å². The second-order valence-electron chi connectivity index (χ2n) is 4.85. The van der Waals surface area contributed by atoms with E-state index in [2.05, 4.69) is 32.5 Å². The minimum absolute atomic E-state index is 0.0271. The van der Waals surface area contributed by atoms with Crippen molar-refractivity contribution in [3.8, 4) is 0 Å². The van der Waals surface area contributed by atoms with Crippen molar-refractivity contribution < 1.29 is 4.79 Å². The van der Waals surface area contributed by atoms with E-state index in [9.17, 15) is 4.79 Å². The molecule has 0 aliphatic rings. The van der Waals surface area contributed by atoms with E-state index in [0.29, 0.717) is 18.1 Å². The molecule has 7 heteroatoms. The number of carbonyl (C=O) groups excluding carboxylic acids is 1. The molecular formula is C14H20N6O. The van der Waals surface area contributed by atoms with Crippen LogP contribution < -0.4 is 10.6 Å². The molecule has 2 aromatic rings. The van der Waals surface area contributed by atoms with Crippen molar-refractivity contribution in [1.29, 1.82) is 0 Å². The van der Waals surface area contributed by atoms with Gasteiger partial charge in [-0.15, -0.1) is 0 Å². The van der Waals surface area contributed by atoms with Gasteiger partial charge in [0.1, 0.15) is 11.5 Å². The summed E-state index contributed by atoms with van der Waals surface area (Å²) in [6, 6.07) is -0.0271. The molecule has 1 unspecified atom stereocenters. The Morgan fingerprint density at radius 1 is 1.38 bits per heavy atom. The van der Waals surface area contributed by atoms with Crippen molar-refractivity contribution in [3.05, 3.63) is 36.8 Å². The van der Waals surface area contributed by atoms with Crippen LogP contribution in [0.15, 0.2) is 31.1 Å². The minimum atomic E-state index is -0.227. The number of aromatic nitrogens is 4. The van der Waals surface area contributed by atoms with Gasteiger partial charge in [0, 0.05) is 31.5 Å². The smallest absolute Gasteiger partial charge is 0.271 e. The maximum Gasteiger partial charge on any atom is 0.271 e. The molecule has 0 bridgehead atoms. The van der Waals surface area contributed by atoms with Gasteiger partial charge < -0.3 is 15.2 Å². The molecule has 0 radical (unpaired) electrons. The number of amides is 1. The fourth-order valence-corrected chi connectivity index (χ4v) is 1.87. The first-order chi connectivity index (χ1) is 10.2. The number of carbonyl (C=O) groups is 1. The zero-order chi connectivity index (χ0) is 15.1. The lowest BCUT2D eigenvalue weighted by Gasteiger charge is -2.14. The number of imidazole rings is 1. The maximum atomic E-state index is 12.1. The lowest BCUT2D eigenvalue weighted by molar-refractivity contribution is 0.0931. The highest BCUT2D eigenvalue weighted by molar-refractivity contribution is 5.92. The summed E-state index contributed by atoms with van der Waals surface area (Å²) in [5, 5.41) is 6.01. The SMILES string of the molecule is CCCNc1cncc(C(=O)NC(C)Cn2ccnc2)n1. The highest BCUT2D eigenvalue weighted by Gasteiger charge is 2.12. The third kappa shape index (κ3) is 4.55. The van der Waals surface area contributed by atoms with E-state index < -0.39 is 0 Å². The van der Waals surface area contributed by atoms with E-state index in [1.165, 1.54) is 6.20 Å². The van der Waals surface area contributed by atoms with Crippen LogP contribution >= 0.6 is 0 Å². The molecule has 1 amide bonds. The molecule has 0 aromatic carbocycles. The third-order valence-corrected chi connectivity index (χ3v) is 2.84. The van der Waals surface area contributed by atoms with Gasteiger partial charge in [-0.25, -0.2) is 9.97 Å². The quantitative estimate of drug-likeness (QED) is 0.802. The van der Waals surface area contributed by atoms with Crippen LogP contribution in [0.25, 0.3) is 0 Å². The predicted octanol–water partition coefficient (Wildman–Crippen LogP) is 1.31. The van der Waals surface area contributed by atoms with Crippen LogP contribution in [0.5, 0.6) is 0 Å². The number of rotatable bonds is 7. The van der Waals surface area contributed by atoms with Crippen molar-refractivity contribution in [1.82, 2.24) is 24.8 Å². The standard InChI is InChI=1S/C14H20N6O/c1-3-4-17-13-8-16-7-12(19-13)14(21)18-11(2)9-20-6-5-15-10-20/h5-8,10-11H,3-4,9H2,1-2H3,(H,17,19)(H,18,21). The first kappa shape index (κ1) is 15.0. The second kappa shape index (κ2) is 7.37. The van der Waals surface area contributed by atoms with Gasteiger partial charge in [-0.1, -0.05) is 6.92 Å². The molecule has 21 heavy (non-hydrogen) atoms. The third-order valence-electron chi connectivity index (χ3n) is 2.84. The Balaban J connectivity index is 1.93. The minimum Gasteiger partial charge on any atom is -0.369 e. The second-order valence-corrected chi connectivity index (χ2v) is 4.85. The van der Waals surface area contributed by atoms with Crippen LogP contribution in [-0.2, 0) is 6.54 Å². The summed E-state index contributed by atoms with van der Waals surface area (Å²) in [5.41, 5.74) is 0.314. The molecule has 7 nitrogen and oxygen atoms in total. The zero-order valence-corrected chi connectivity index (χ0v) is 12.3. The number of nitrogens with one attached hydrogen (secondary N) is 2. The zero-order valence-electron chi connectivity index (χ0n) is 12.3. The molecule has 2 rings (SSSR count). The number of nitrogens with zero attached hydrogens (tertiary/aromatic N) is 4. The van der Waals surface area contributed by atoms with E-state index in [0.717, 1.165) is 13.0 Å². The Kier molecular flexibility index (Phi) is 5.25. The van der Waals surface area contributed by atoms with Gasteiger partial charge in [0.05, 0.1) is 18.7 Å². The van der Waals surface area contributed by atoms with Crippen LogP contribution in [0.1, 0.15) is 30.8 Å². The molecule has 2 heterocycles. The predicted molar refractivity (Wildman–Crippen MR) is 80.0 cm³/mol. The Morgan fingerprint density at radius 2 is 2.24 bits per heavy atom. The molecule has 0 aliphatic carbocycles. The Morgan fingerprint density at radius 3 is 2.95 bits per heavy atom. The molecular weight excluding hydrogens is 268 g/mol. The van der Waals surface area contributed by atoms with E-state index in [-0.39, 0.29) is 11.9 Å². The van der Waals surface area contributed by atoms with Gasteiger partial charge in [-0.3, -0.25) is 9.78 Å². The van der Waals surface area contributed by atoms with E-state index in [1.807, 2.05) is 17.7 Å². The topological polar surface area (TPSA) is 84.7 Å². The molecule has 2 aromatic heterocycles. The first-order valence-corrected chi connectivity index (χ1v) is 7.01. The molecule has 0 spiro atoms. The lowest BCUT2D eigenvalue weighted by atomic mass is 10.3. The summed E-state index contributed by atoms with van der Waals surface area (Å²) < 4.78 is 1.91. The largest absolute Gasteiger partial charge is 0.369 e. The van der Waals surface area contributed by atoms with Gasteiger partial charge in [0.2, 0.25) is 0 Å². The van der Waals surface area contributed by atoms with Gasteiger partial charge >= 0.3 is 0 Å². The molecule has 0 saturated heterocycles. The fraction of sp³-hybridized carbons (Fsp3) is 0.429. The van der Waals surface area contributed by atoms with Crippen LogP contribution in [-0.4, -0.2) is 38.0 Å². The summed E-state index contributed by atoms with van der Waals surface area (Å²) in [6.45, 7) is 5.46. The van der Waals surface area contributed by atoms with Crippen molar-refractivity contribution in [2.24, 2.45) is 0 Å². The Hall–Kier alpha value is -2.44. The molecule has 112 valence electrons. The molecule has 0 saturated carbocycles. The summed E-state index contributed by atoms with van der Waals surface area (Å²) in [6.07, 6.45) is 9.36. The van der Waals surface area contributed by atoms with Crippen LogP contribution in [0, 0.1) is 0 Å². The summed E-state index contributed by atoms with van der Waals surface area (Å²) >= 11 is 0. The highest BCUT2D eigenvalue weighted by Crippen LogP contribution is 2.03. The van der Waals surface area contributed by atoms with E-state index in [1.54, 1.807) is 18.7 Å². The average Bonchev–Trinajstić information content (AvgIpc) is 2.98. The Labute approximate surface area is 123 Å². The molecule has 0 fully saturated rings. The molecule has 1 atom stereocenters. The van der Waals surface area contributed by atoms with Crippen LogP contribution in [0.3, 0.4) is 0 Å². The maximum absolute atomic E-state index is 12.1. The summed E-state index contributed by atoms with van der Waals surface area (Å²) in [5.74, 6) is 0.391. The van der Waals surface area contributed by atoms with Gasteiger partial charge in [-0.2, -0.15) is 0 Å². The van der Waals surface area contributed by atoms with Crippen molar-refractivity contribution >= 4 is 11.7 Å².